The van der Waals surface area contributed by atoms with Crippen LogP contribution in [0.4, 0.5) is 8.78 Å². The lowest BCUT2D eigenvalue weighted by molar-refractivity contribution is -0.0512. The maximum Gasteiger partial charge on any atom is 0.387 e. The van der Waals surface area contributed by atoms with E-state index in [1.54, 1.807) is 29.7 Å². The summed E-state index contributed by atoms with van der Waals surface area (Å²) in [6, 6.07) is 12.3. The van der Waals surface area contributed by atoms with Gasteiger partial charge in [-0.3, -0.25) is 4.79 Å². The molecule has 0 unspecified atom stereocenters. The minimum atomic E-state index is -2.96. The Balaban J connectivity index is 1.74. The first-order chi connectivity index (χ1) is 15.4. The summed E-state index contributed by atoms with van der Waals surface area (Å²) in [6.07, 6.45) is 4.80. The van der Waals surface area contributed by atoms with E-state index in [1.165, 1.54) is 25.3 Å². The maximum absolute atomic E-state index is 13.2. The first-order valence-electron chi connectivity index (χ1n) is 9.87. The normalized spacial score (nSPS) is 11.7. The lowest BCUT2D eigenvalue weighted by atomic mass is 10.1. The van der Waals surface area contributed by atoms with Gasteiger partial charge in [-0.1, -0.05) is 30.4 Å². The summed E-state index contributed by atoms with van der Waals surface area (Å²) in [5, 5.41) is 4.59. The van der Waals surface area contributed by atoms with E-state index in [0.717, 1.165) is 11.0 Å². The molecule has 6 nitrogen and oxygen atoms in total. The van der Waals surface area contributed by atoms with Gasteiger partial charge in [0, 0.05) is 6.54 Å². The molecular weight excluding hydrogens is 416 g/mol. The number of benzene rings is 2. The monoisotopic (exact) mass is 437 g/mol. The van der Waals surface area contributed by atoms with Gasteiger partial charge in [-0.2, -0.15) is 13.9 Å². The number of hydrogen-bond acceptors (Lipinski definition) is 4. The average Bonchev–Trinajstić information content (AvgIpc) is 3.26. The zero-order valence-electron chi connectivity index (χ0n) is 17.6. The zero-order valence-corrected chi connectivity index (χ0v) is 17.6. The van der Waals surface area contributed by atoms with Gasteiger partial charge in [0.15, 0.2) is 17.3 Å². The Kier molecular flexibility index (Phi) is 5.77. The summed E-state index contributed by atoms with van der Waals surface area (Å²) in [7, 11) is 1.36. The summed E-state index contributed by atoms with van der Waals surface area (Å²) in [5.41, 5.74) is 4.24. The quantitative estimate of drug-likeness (QED) is 0.214. The molecule has 164 valence electrons. The number of ketones is 1. The molecule has 4 rings (SSSR count). The fraction of sp³-hybridized carbons (Fsp3) is 0.167. The number of carbonyl (C=O) groups is 1. The third kappa shape index (κ3) is 3.75. The van der Waals surface area contributed by atoms with E-state index in [0.29, 0.717) is 29.0 Å². The van der Waals surface area contributed by atoms with Crippen LogP contribution in [0.25, 0.3) is 22.8 Å². The second-order valence-corrected chi connectivity index (χ2v) is 7.07. The number of allylic oxidation sites excluding steroid dienone is 2. The van der Waals surface area contributed by atoms with Crippen LogP contribution in [0, 0.1) is 6.92 Å². The lowest BCUT2D eigenvalue weighted by Gasteiger charge is -2.10. The number of ether oxygens (including phenoxy) is 2. The van der Waals surface area contributed by atoms with Gasteiger partial charge in [0.25, 0.3) is 0 Å². The number of methoxy groups -OCH3 is 1. The van der Waals surface area contributed by atoms with Gasteiger partial charge in [-0.05, 0) is 42.8 Å². The molecule has 2 aromatic heterocycles. The lowest BCUT2D eigenvalue weighted by Crippen LogP contribution is -2.03. The SMILES string of the molecule is C=CCn1c2ccccc2n2nc(C)c(C(=O)C=Cc3ccc(OC(F)F)c(OC)c3)c12. The number of hydrogen-bond donors (Lipinski definition) is 0. The first-order valence-corrected chi connectivity index (χ1v) is 9.87. The molecule has 0 fully saturated rings. The van der Waals surface area contributed by atoms with Crippen LogP contribution >= 0.6 is 0 Å². The van der Waals surface area contributed by atoms with Crippen molar-refractivity contribution in [3.8, 4) is 11.5 Å². The predicted molar refractivity (Wildman–Crippen MR) is 119 cm³/mol. The zero-order chi connectivity index (χ0) is 22.8. The van der Waals surface area contributed by atoms with Gasteiger partial charge in [0.05, 0.1) is 29.4 Å². The second-order valence-electron chi connectivity index (χ2n) is 7.07. The number of rotatable bonds is 8. The molecule has 0 radical (unpaired) electrons. The van der Waals surface area contributed by atoms with Gasteiger partial charge in [-0.15, -0.1) is 6.58 Å². The van der Waals surface area contributed by atoms with Crippen LogP contribution in [0.1, 0.15) is 21.6 Å². The summed E-state index contributed by atoms with van der Waals surface area (Å²) >= 11 is 0. The van der Waals surface area contributed by atoms with Crippen LogP contribution in [0.2, 0.25) is 0 Å². The number of alkyl halides is 2. The van der Waals surface area contributed by atoms with Crippen molar-refractivity contribution in [3.63, 3.8) is 0 Å². The van der Waals surface area contributed by atoms with E-state index in [2.05, 4.69) is 16.4 Å². The molecular formula is C24H21F2N3O3. The smallest absolute Gasteiger partial charge is 0.387 e. The molecule has 0 atom stereocenters. The van der Waals surface area contributed by atoms with Crippen LogP contribution in [-0.2, 0) is 6.54 Å². The minimum Gasteiger partial charge on any atom is -0.493 e. The molecule has 32 heavy (non-hydrogen) atoms. The molecule has 0 aliphatic heterocycles. The van der Waals surface area contributed by atoms with Crippen molar-refractivity contribution in [1.29, 1.82) is 0 Å². The molecule has 0 N–H and O–H groups in total. The van der Waals surface area contributed by atoms with Crippen molar-refractivity contribution >= 4 is 28.5 Å². The highest BCUT2D eigenvalue weighted by atomic mass is 19.3. The van der Waals surface area contributed by atoms with Gasteiger partial charge in [-0.25, -0.2) is 4.52 Å². The Morgan fingerprint density at radius 2 is 1.94 bits per heavy atom. The summed E-state index contributed by atoms with van der Waals surface area (Å²) < 4.78 is 38.4. The van der Waals surface area contributed by atoms with Crippen molar-refractivity contribution in [2.45, 2.75) is 20.1 Å². The number of nitrogens with zero attached hydrogens (tertiary/aromatic N) is 3. The largest absolute Gasteiger partial charge is 0.493 e. The Hall–Kier alpha value is -3.94. The van der Waals surface area contributed by atoms with E-state index in [-0.39, 0.29) is 17.3 Å². The highest BCUT2D eigenvalue weighted by molar-refractivity contribution is 6.12. The molecule has 0 aliphatic carbocycles. The summed E-state index contributed by atoms with van der Waals surface area (Å²) in [6.45, 7) is 3.19. The fourth-order valence-corrected chi connectivity index (χ4v) is 3.76. The first kappa shape index (κ1) is 21.3. The second kappa shape index (κ2) is 8.66. The number of aromatic nitrogens is 3. The van der Waals surface area contributed by atoms with Crippen molar-refractivity contribution in [2.75, 3.05) is 7.11 Å². The van der Waals surface area contributed by atoms with Crippen LogP contribution < -0.4 is 9.47 Å². The highest BCUT2D eigenvalue weighted by Gasteiger charge is 2.22. The van der Waals surface area contributed by atoms with Crippen LogP contribution in [0.3, 0.4) is 0 Å². The number of carbonyl (C=O) groups excluding carboxylic acids is 1. The third-order valence-corrected chi connectivity index (χ3v) is 5.08. The number of imidazole rings is 1. The van der Waals surface area contributed by atoms with E-state index >= 15 is 0 Å². The predicted octanol–water partition coefficient (Wildman–Crippen LogP) is 5.29. The highest BCUT2D eigenvalue weighted by Crippen LogP contribution is 2.30. The number of para-hydroxylation sites is 2. The van der Waals surface area contributed by atoms with Gasteiger partial charge in [0.2, 0.25) is 0 Å². The van der Waals surface area contributed by atoms with E-state index in [1.807, 2.05) is 28.8 Å². The maximum atomic E-state index is 13.2. The topological polar surface area (TPSA) is 57.8 Å². The Bertz CT molecular complexity index is 1350. The minimum absolute atomic E-state index is 0.0749. The molecule has 0 amide bonds. The Labute approximate surface area is 183 Å². The number of halogens is 2. The summed E-state index contributed by atoms with van der Waals surface area (Å²) in [4.78, 5) is 13.2. The number of aryl methyl sites for hydroxylation is 1. The molecule has 0 spiro atoms. The molecule has 2 aromatic carbocycles. The molecule has 2 heterocycles. The van der Waals surface area contributed by atoms with Gasteiger partial charge >= 0.3 is 6.61 Å². The van der Waals surface area contributed by atoms with Crippen molar-refractivity contribution in [1.82, 2.24) is 14.2 Å². The van der Waals surface area contributed by atoms with Crippen LogP contribution in [0.5, 0.6) is 11.5 Å². The van der Waals surface area contributed by atoms with Crippen molar-refractivity contribution in [2.24, 2.45) is 0 Å². The van der Waals surface area contributed by atoms with E-state index < -0.39 is 6.61 Å². The summed E-state index contributed by atoms with van der Waals surface area (Å²) in [5.74, 6) is -0.151. The average molecular weight is 437 g/mol. The van der Waals surface area contributed by atoms with Gasteiger partial charge < -0.3 is 14.0 Å². The van der Waals surface area contributed by atoms with E-state index in [4.69, 9.17) is 4.74 Å². The molecule has 0 saturated carbocycles. The standard InChI is InChI=1S/C24H21F2N3O3/c1-4-13-28-17-7-5-6-8-18(17)29-23(28)22(15(2)27-29)19(30)11-9-16-10-12-20(32-24(25)26)21(14-16)31-3/h4-12,14,24H,1,13H2,2-3H3. The Morgan fingerprint density at radius 3 is 2.62 bits per heavy atom. The molecule has 4 aromatic rings. The van der Waals surface area contributed by atoms with Gasteiger partial charge in [0.1, 0.15) is 5.65 Å². The molecule has 8 heteroatoms. The van der Waals surface area contributed by atoms with Crippen molar-refractivity contribution < 1.29 is 23.0 Å². The van der Waals surface area contributed by atoms with E-state index in [9.17, 15) is 13.6 Å². The number of fused-ring (bicyclic) bond motifs is 3. The Morgan fingerprint density at radius 1 is 1.19 bits per heavy atom. The molecule has 0 saturated heterocycles. The third-order valence-electron chi connectivity index (χ3n) is 5.08. The molecule has 0 aliphatic rings. The van der Waals surface area contributed by atoms with Crippen molar-refractivity contribution in [3.05, 3.63) is 78.0 Å². The fourth-order valence-electron chi connectivity index (χ4n) is 3.76. The van der Waals surface area contributed by atoms with Crippen LogP contribution in [0.15, 0.2) is 61.2 Å². The van der Waals surface area contributed by atoms with Crippen LogP contribution in [-0.4, -0.2) is 33.7 Å². The molecule has 0 bridgehead atoms.